The van der Waals surface area contributed by atoms with E-state index in [0.717, 1.165) is 22.8 Å². The SMILES string of the molecule is CCSc1ccc(C(=O)Oc2cc(F)c(C#N)c(F)c2)cc1. The Morgan fingerprint density at radius 2 is 1.82 bits per heavy atom. The molecule has 0 fully saturated rings. The zero-order valence-electron chi connectivity index (χ0n) is 11.6. The molecule has 3 nitrogen and oxygen atoms in total. The number of hydrogen-bond acceptors (Lipinski definition) is 4. The van der Waals surface area contributed by atoms with Gasteiger partial charge in [0.1, 0.15) is 29.0 Å². The minimum atomic E-state index is -1.07. The first kappa shape index (κ1) is 16.0. The highest BCUT2D eigenvalue weighted by Crippen LogP contribution is 2.22. The minimum absolute atomic E-state index is 0.269. The number of esters is 1. The van der Waals surface area contributed by atoms with Gasteiger partial charge in [0.05, 0.1) is 5.56 Å². The van der Waals surface area contributed by atoms with Crippen LogP contribution in [-0.4, -0.2) is 11.7 Å². The lowest BCUT2D eigenvalue weighted by molar-refractivity contribution is 0.0734. The van der Waals surface area contributed by atoms with Gasteiger partial charge in [0.15, 0.2) is 0 Å². The molecule has 0 radical (unpaired) electrons. The lowest BCUT2D eigenvalue weighted by Gasteiger charge is -2.06. The van der Waals surface area contributed by atoms with E-state index in [0.29, 0.717) is 0 Å². The molecule has 0 heterocycles. The Bertz CT molecular complexity index is 716. The van der Waals surface area contributed by atoms with Crippen molar-refractivity contribution in [1.82, 2.24) is 0 Å². The fraction of sp³-hybridized carbons (Fsp3) is 0.125. The summed E-state index contributed by atoms with van der Waals surface area (Å²) in [4.78, 5) is 12.9. The van der Waals surface area contributed by atoms with Crippen LogP contribution in [0.4, 0.5) is 8.78 Å². The molecule has 0 aliphatic heterocycles. The second-order valence-corrected chi connectivity index (χ2v) is 5.56. The van der Waals surface area contributed by atoms with Gasteiger partial charge in [-0.05, 0) is 30.0 Å². The first-order chi connectivity index (χ1) is 10.5. The summed E-state index contributed by atoms with van der Waals surface area (Å²) < 4.78 is 31.8. The molecule has 6 heteroatoms. The summed E-state index contributed by atoms with van der Waals surface area (Å²) in [5.41, 5.74) is -0.439. The zero-order chi connectivity index (χ0) is 16.1. The number of nitriles is 1. The normalized spacial score (nSPS) is 10.1. The van der Waals surface area contributed by atoms with Crippen LogP contribution >= 0.6 is 11.8 Å². The van der Waals surface area contributed by atoms with Crippen LogP contribution in [0.15, 0.2) is 41.3 Å². The highest BCUT2D eigenvalue weighted by molar-refractivity contribution is 7.99. The smallest absolute Gasteiger partial charge is 0.343 e. The van der Waals surface area contributed by atoms with Crippen LogP contribution in [0.5, 0.6) is 5.75 Å². The van der Waals surface area contributed by atoms with Crippen LogP contribution in [0.25, 0.3) is 0 Å². The third-order valence-electron chi connectivity index (χ3n) is 2.74. The van der Waals surface area contributed by atoms with Crippen molar-refractivity contribution in [2.24, 2.45) is 0 Å². The van der Waals surface area contributed by atoms with Crippen molar-refractivity contribution >= 4 is 17.7 Å². The fourth-order valence-corrected chi connectivity index (χ4v) is 2.40. The van der Waals surface area contributed by atoms with Crippen molar-refractivity contribution < 1.29 is 18.3 Å². The number of rotatable bonds is 4. The van der Waals surface area contributed by atoms with E-state index < -0.39 is 23.2 Å². The molecule has 112 valence electrons. The monoisotopic (exact) mass is 319 g/mol. The van der Waals surface area contributed by atoms with Crippen LogP contribution in [0.2, 0.25) is 0 Å². The van der Waals surface area contributed by atoms with Crippen LogP contribution in [0.1, 0.15) is 22.8 Å². The average Bonchev–Trinajstić information content (AvgIpc) is 2.48. The lowest BCUT2D eigenvalue weighted by Crippen LogP contribution is -2.09. The summed E-state index contributed by atoms with van der Waals surface area (Å²) in [5, 5.41) is 8.58. The molecule has 0 spiro atoms. The summed E-state index contributed by atoms with van der Waals surface area (Å²) in [6, 6.07) is 9.71. The topological polar surface area (TPSA) is 50.1 Å². The number of thioether (sulfide) groups is 1. The van der Waals surface area contributed by atoms with Crippen LogP contribution in [-0.2, 0) is 0 Å². The van der Waals surface area contributed by atoms with Crippen molar-refractivity contribution in [3.63, 3.8) is 0 Å². The second kappa shape index (κ2) is 7.05. The summed E-state index contributed by atoms with van der Waals surface area (Å²) in [6.45, 7) is 2.01. The number of nitrogens with zero attached hydrogens (tertiary/aromatic N) is 1. The van der Waals surface area contributed by atoms with E-state index in [-0.39, 0.29) is 11.3 Å². The van der Waals surface area contributed by atoms with E-state index in [2.05, 4.69) is 0 Å². The predicted octanol–water partition coefficient (Wildman–Crippen LogP) is 4.17. The number of hydrogen-bond donors (Lipinski definition) is 0. The van der Waals surface area contributed by atoms with Gasteiger partial charge in [-0.25, -0.2) is 13.6 Å². The molecule has 0 amide bonds. The molecule has 0 saturated carbocycles. The van der Waals surface area contributed by atoms with Gasteiger partial charge in [0.2, 0.25) is 0 Å². The quantitative estimate of drug-likeness (QED) is 0.482. The number of benzene rings is 2. The van der Waals surface area contributed by atoms with Gasteiger partial charge in [0.25, 0.3) is 0 Å². The number of ether oxygens (including phenoxy) is 1. The average molecular weight is 319 g/mol. The molecule has 0 bridgehead atoms. The standard InChI is InChI=1S/C16H11F2NO2S/c1-2-22-12-5-3-10(4-6-12)16(20)21-11-7-14(17)13(9-19)15(18)8-11/h3-8H,2H2,1H3. The number of halogens is 2. The van der Waals surface area contributed by atoms with Gasteiger partial charge in [-0.2, -0.15) is 5.26 Å². The van der Waals surface area contributed by atoms with Gasteiger partial charge >= 0.3 is 5.97 Å². The van der Waals surface area contributed by atoms with E-state index in [1.165, 1.54) is 6.07 Å². The molecule has 0 atom stereocenters. The van der Waals surface area contributed by atoms with E-state index in [1.54, 1.807) is 36.0 Å². The Morgan fingerprint density at radius 3 is 2.32 bits per heavy atom. The largest absolute Gasteiger partial charge is 0.423 e. The molecule has 2 aromatic carbocycles. The molecular formula is C16H11F2NO2S. The van der Waals surface area contributed by atoms with Crippen molar-refractivity contribution in [2.45, 2.75) is 11.8 Å². The molecule has 2 aromatic rings. The van der Waals surface area contributed by atoms with Crippen molar-refractivity contribution in [3.8, 4) is 11.8 Å². The highest BCUT2D eigenvalue weighted by Gasteiger charge is 2.14. The summed E-state index contributed by atoms with van der Waals surface area (Å²) in [6.07, 6.45) is 0. The third kappa shape index (κ3) is 3.62. The van der Waals surface area contributed by atoms with E-state index in [4.69, 9.17) is 10.00 Å². The molecule has 0 aliphatic carbocycles. The molecular weight excluding hydrogens is 308 g/mol. The molecule has 0 aliphatic rings. The maximum Gasteiger partial charge on any atom is 0.343 e. The highest BCUT2D eigenvalue weighted by atomic mass is 32.2. The summed E-state index contributed by atoms with van der Waals surface area (Å²) in [5.74, 6) is -2.24. The van der Waals surface area contributed by atoms with E-state index in [9.17, 15) is 13.6 Å². The summed E-state index contributed by atoms with van der Waals surface area (Å²) in [7, 11) is 0. The van der Waals surface area contributed by atoms with E-state index in [1.807, 2.05) is 6.92 Å². The van der Waals surface area contributed by atoms with Crippen molar-refractivity contribution in [3.05, 3.63) is 59.2 Å². The van der Waals surface area contributed by atoms with Gasteiger partial charge in [0, 0.05) is 17.0 Å². The molecule has 22 heavy (non-hydrogen) atoms. The fourth-order valence-electron chi connectivity index (χ4n) is 1.74. The molecule has 0 saturated heterocycles. The first-order valence-electron chi connectivity index (χ1n) is 6.39. The Kier molecular flexibility index (Phi) is 5.12. The Labute approximate surface area is 130 Å². The van der Waals surface area contributed by atoms with Gasteiger partial charge in [-0.1, -0.05) is 6.92 Å². The Balaban J connectivity index is 2.17. The second-order valence-electron chi connectivity index (χ2n) is 4.22. The molecule has 2 rings (SSSR count). The van der Waals surface area contributed by atoms with Crippen LogP contribution in [0.3, 0.4) is 0 Å². The van der Waals surface area contributed by atoms with E-state index >= 15 is 0 Å². The maximum atomic E-state index is 13.4. The van der Waals surface area contributed by atoms with Crippen LogP contribution in [0, 0.1) is 23.0 Å². The molecule has 0 N–H and O–H groups in total. The maximum absolute atomic E-state index is 13.4. The predicted molar refractivity (Wildman–Crippen MR) is 78.9 cm³/mol. The van der Waals surface area contributed by atoms with Gasteiger partial charge in [-0.15, -0.1) is 11.8 Å². The minimum Gasteiger partial charge on any atom is -0.423 e. The summed E-state index contributed by atoms with van der Waals surface area (Å²) >= 11 is 1.63. The van der Waals surface area contributed by atoms with Gasteiger partial charge in [-0.3, -0.25) is 0 Å². The first-order valence-corrected chi connectivity index (χ1v) is 7.38. The zero-order valence-corrected chi connectivity index (χ0v) is 12.4. The Morgan fingerprint density at radius 1 is 1.23 bits per heavy atom. The van der Waals surface area contributed by atoms with Crippen molar-refractivity contribution in [2.75, 3.05) is 5.75 Å². The molecule has 0 unspecified atom stereocenters. The molecule has 0 aromatic heterocycles. The van der Waals surface area contributed by atoms with Gasteiger partial charge < -0.3 is 4.74 Å². The number of carbonyl (C=O) groups excluding carboxylic acids is 1. The Hall–Kier alpha value is -2.39. The van der Waals surface area contributed by atoms with Crippen molar-refractivity contribution in [1.29, 1.82) is 5.26 Å². The third-order valence-corrected chi connectivity index (χ3v) is 3.63. The van der Waals surface area contributed by atoms with Crippen LogP contribution < -0.4 is 4.74 Å². The number of carbonyl (C=O) groups is 1. The lowest BCUT2D eigenvalue weighted by atomic mass is 10.2.